The SMILES string of the molecule is CC(C)OCCCNC(=O)c1ccc(N2CCN(C(=O)c3cccc4ccccc34)CC2)nc1. The summed E-state index contributed by atoms with van der Waals surface area (Å²) in [4.78, 5) is 34.1. The molecule has 1 aliphatic heterocycles. The minimum absolute atomic E-state index is 0.0650. The molecule has 2 aromatic carbocycles. The predicted octanol–water partition coefficient (Wildman–Crippen LogP) is 3.74. The van der Waals surface area contributed by atoms with Crippen molar-refractivity contribution in [3.8, 4) is 0 Å². The first kappa shape index (κ1) is 23.7. The fourth-order valence-corrected chi connectivity index (χ4v) is 4.12. The number of hydrogen-bond donors (Lipinski definition) is 1. The maximum Gasteiger partial charge on any atom is 0.254 e. The third kappa shape index (κ3) is 5.72. The Morgan fingerprint density at radius 1 is 1.00 bits per heavy atom. The number of carbonyl (C=O) groups is 2. The molecule has 4 rings (SSSR count). The zero-order valence-corrected chi connectivity index (χ0v) is 19.9. The van der Waals surface area contributed by atoms with Gasteiger partial charge in [-0.15, -0.1) is 0 Å². The van der Waals surface area contributed by atoms with E-state index in [2.05, 4.69) is 15.2 Å². The van der Waals surface area contributed by atoms with Crippen LogP contribution in [-0.4, -0.2) is 67.1 Å². The van der Waals surface area contributed by atoms with Crippen molar-refractivity contribution in [3.63, 3.8) is 0 Å². The van der Waals surface area contributed by atoms with E-state index in [9.17, 15) is 9.59 Å². The molecule has 178 valence electrons. The summed E-state index contributed by atoms with van der Waals surface area (Å²) in [5.74, 6) is 0.753. The van der Waals surface area contributed by atoms with Crippen molar-refractivity contribution in [1.29, 1.82) is 0 Å². The molecule has 3 aromatic rings. The number of ether oxygens (including phenoxy) is 1. The Morgan fingerprint density at radius 3 is 2.50 bits per heavy atom. The van der Waals surface area contributed by atoms with E-state index in [0.717, 1.165) is 28.6 Å². The Hall–Kier alpha value is -3.45. The van der Waals surface area contributed by atoms with Crippen LogP contribution in [0.2, 0.25) is 0 Å². The monoisotopic (exact) mass is 460 g/mol. The Morgan fingerprint density at radius 2 is 1.76 bits per heavy atom. The number of hydrogen-bond acceptors (Lipinski definition) is 5. The van der Waals surface area contributed by atoms with Crippen molar-refractivity contribution in [1.82, 2.24) is 15.2 Å². The van der Waals surface area contributed by atoms with Crippen molar-refractivity contribution in [3.05, 3.63) is 71.9 Å². The second-order valence-corrected chi connectivity index (χ2v) is 8.74. The van der Waals surface area contributed by atoms with E-state index in [1.807, 2.05) is 67.3 Å². The molecule has 0 radical (unpaired) electrons. The summed E-state index contributed by atoms with van der Waals surface area (Å²) in [6.07, 6.45) is 2.59. The number of amides is 2. The molecule has 7 heteroatoms. The summed E-state index contributed by atoms with van der Waals surface area (Å²) in [5.41, 5.74) is 1.29. The molecule has 0 aliphatic carbocycles. The normalized spacial score (nSPS) is 14.0. The lowest BCUT2D eigenvalue weighted by Gasteiger charge is -2.35. The fourth-order valence-electron chi connectivity index (χ4n) is 4.12. The summed E-state index contributed by atoms with van der Waals surface area (Å²) in [5, 5.41) is 4.96. The lowest BCUT2D eigenvalue weighted by molar-refractivity contribution is 0.0744. The van der Waals surface area contributed by atoms with Gasteiger partial charge in [0.05, 0.1) is 11.7 Å². The van der Waals surface area contributed by atoms with E-state index in [0.29, 0.717) is 44.9 Å². The van der Waals surface area contributed by atoms with E-state index in [1.165, 1.54) is 0 Å². The number of pyridine rings is 1. The largest absolute Gasteiger partial charge is 0.379 e. The van der Waals surface area contributed by atoms with Crippen molar-refractivity contribution in [2.75, 3.05) is 44.2 Å². The Balaban J connectivity index is 1.29. The molecule has 2 amide bonds. The number of fused-ring (bicyclic) bond motifs is 1. The Labute approximate surface area is 200 Å². The van der Waals surface area contributed by atoms with E-state index in [1.54, 1.807) is 12.3 Å². The average molecular weight is 461 g/mol. The van der Waals surface area contributed by atoms with Crippen LogP contribution in [0.4, 0.5) is 5.82 Å². The highest BCUT2D eigenvalue weighted by Crippen LogP contribution is 2.21. The van der Waals surface area contributed by atoms with Crippen LogP contribution >= 0.6 is 0 Å². The van der Waals surface area contributed by atoms with Crippen molar-refractivity contribution in [2.24, 2.45) is 0 Å². The first-order valence-corrected chi connectivity index (χ1v) is 11.9. The third-order valence-corrected chi connectivity index (χ3v) is 5.98. The summed E-state index contributed by atoms with van der Waals surface area (Å²) < 4.78 is 5.48. The van der Waals surface area contributed by atoms with Gasteiger partial charge in [0, 0.05) is 51.1 Å². The molecule has 34 heavy (non-hydrogen) atoms. The molecule has 0 unspecified atom stereocenters. The predicted molar refractivity (Wildman–Crippen MR) is 134 cm³/mol. The van der Waals surface area contributed by atoms with Gasteiger partial charge in [0.1, 0.15) is 5.82 Å². The van der Waals surface area contributed by atoms with Gasteiger partial charge >= 0.3 is 0 Å². The quantitative estimate of drug-likeness (QED) is 0.519. The minimum Gasteiger partial charge on any atom is -0.379 e. The zero-order chi connectivity index (χ0) is 23.9. The van der Waals surface area contributed by atoms with Crippen LogP contribution in [0.1, 0.15) is 41.0 Å². The van der Waals surface area contributed by atoms with Gasteiger partial charge in [-0.05, 0) is 49.2 Å². The molecular formula is C27H32N4O3. The smallest absolute Gasteiger partial charge is 0.254 e. The highest BCUT2D eigenvalue weighted by atomic mass is 16.5. The number of carbonyl (C=O) groups excluding carboxylic acids is 2. The molecule has 1 aliphatic rings. The van der Waals surface area contributed by atoms with Gasteiger partial charge in [0.15, 0.2) is 0 Å². The molecule has 0 bridgehead atoms. The number of piperazine rings is 1. The van der Waals surface area contributed by atoms with Gasteiger partial charge < -0.3 is 19.9 Å². The first-order chi connectivity index (χ1) is 16.5. The molecule has 0 saturated carbocycles. The number of nitrogens with one attached hydrogen (secondary N) is 1. The lowest BCUT2D eigenvalue weighted by Crippen LogP contribution is -2.49. The van der Waals surface area contributed by atoms with Crippen molar-refractivity contribution >= 4 is 28.4 Å². The van der Waals surface area contributed by atoms with Gasteiger partial charge in [-0.2, -0.15) is 0 Å². The van der Waals surface area contributed by atoms with Crippen LogP contribution in [-0.2, 0) is 4.74 Å². The van der Waals surface area contributed by atoms with Crippen LogP contribution in [0.15, 0.2) is 60.8 Å². The van der Waals surface area contributed by atoms with Crippen LogP contribution in [0.5, 0.6) is 0 Å². The summed E-state index contributed by atoms with van der Waals surface area (Å²) in [7, 11) is 0. The summed E-state index contributed by atoms with van der Waals surface area (Å²) in [6, 6.07) is 17.5. The summed E-state index contributed by atoms with van der Waals surface area (Å²) in [6.45, 7) is 7.85. The third-order valence-electron chi connectivity index (χ3n) is 5.98. The maximum absolute atomic E-state index is 13.2. The molecular weight excluding hydrogens is 428 g/mol. The van der Waals surface area contributed by atoms with Crippen LogP contribution in [0.3, 0.4) is 0 Å². The van der Waals surface area contributed by atoms with Crippen LogP contribution < -0.4 is 10.2 Å². The Bertz CT molecular complexity index is 1120. The molecule has 0 spiro atoms. The minimum atomic E-state index is -0.130. The summed E-state index contributed by atoms with van der Waals surface area (Å²) >= 11 is 0. The second kappa shape index (κ2) is 11.1. The van der Waals surface area contributed by atoms with Gasteiger partial charge in [0.2, 0.25) is 0 Å². The van der Waals surface area contributed by atoms with E-state index >= 15 is 0 Å². The topological polar surface area (TPSA) is 74.8 Å². The fraction of sp³-hybridized carbons (Fsp3) is 0.370. The average Bonchev–Trinajstić information content (AvgIpc) is 2.87. The van der Waals surface area contributed by atoms with Gasteiger partial charge in [-0.3, -0.25) is 9.59 Å². The van der Waals surface area contributed by atoms with Crippen molar-refractivity contribution < 1.29 is 14.3 Å². The highest BCUT2D eigenvalue weighted by Gasteiger charge is 2.24. The van der Waals surface area contributed by atoms with E-state index < -0.39 is 0 Å². The van der Waals surface area contributed by atoms with E-state index in [4.69, 9.17) is 4.74 Å². The molecule has 7 nitrogen and oxygen atoms in total. The standard InChI is InChI=1S/C27H32N4O3/c1-20(2)34-18-6-13-28-26(32)22-11-12-25(29-19-22)30-14-16-31(17-15-30)27(33)24-10-5-8-21-7-3-4-9-23(21)24/h3-5,7-12,19-20H,6,13-18H2,1-2H3,(H,28,32). The van der Waals surface area contributed by atoms with Crippen LogP contribution in [0, 0.1) is 0 Å². The molecule has 1 aromatic heterocycles. The second-order valence-electron chi connectivity index (χ2n) is 8.74. The highest BCUT2D eigenvalue weighted by molar-refractivity contribution is 6.07. The molecule has 1 saturated heterocycles. The first-order valence-electron chi connectivity index (χ1n) is 11.9. The number of aromatic nitrogens is 1. The Kier molecular flexibility index (Phi) is 7.75. The van der Waals surface area contributed by atoms with Crippen LogP contribution in [0.25, 0.3) is 10.8 Å². The van der Waals surface area contributed by atoms with Gasteiger partial charge in [-0.1, -0.05) is 36.4 Å². The number of nitrogens with zero attached hydrogens (tertiary/aromatic N) is 3. The molecule has 0 atom stereocenters. The number of rotatable bonds is 8. The maximum atomic E-state index is 13.2. The molecule has 2 heterocycles. The van der Waals surface area contributed by atoms with Gasteiger partial charge in [-0.25, -0.2) is 4.98 Å². The van der Waals surface area contributed by atoms with Gasteiger partial charge in [0.25, 0.3) is 11.8 Å². The number of anilines is 1. The molecule has 1 fully saturated rings. The van der Waals surface area contributed by atoms with E-state index in [-0.39, 0.29) is 17.9 Å². The lowest BCUT2D eigenvalue weighted by atomic mass is 10.0. The molecule has 1 N–H and O–H groups in total. The zero-order valence-electron chi connectivity index (χ0n) is 19.9. The number of benzene rings is 2. The van der Waals surface area contributed by atoms with Crippen molar-refractivity contribution in [2.45, 2.75) is 26.4 Å².